The van der Waals surface area contributed by atoms with E-state index in [0.717, 1.165) is 19.3 Å². The second kappa shape index (κ2) is 7.99. The zero-order valence-electron chi connectivity index (χ0n) is 11.0. The number of hydrogen-bond donors (Lipinski definition) is 1. The van der Waals surface area contributed by atoms with Gasteiger partial charge in [-0.15, -0.1) is 0 Å². The van der Waals surface area contributed by atoms with Gasteiger partial charge in [0.05, 0.1) is 6.61 Å². The van der Waals surface area contributed by atoms with Crippen molar-refractivity contribution < 1.29 is 22.7 Å². The van der Waals surface area contributed by atoms with Crippen LogP contribution in [0.25, 0.3) is 0 Å². The molecule has 1 saturated carbocycles. The summed E-state index contributed by atoms with van der Waals surface area (Å²) in [4.78, 5) is 11.6. The van der Waals surface area contributed by atoms with Gasteiger partial charge in [-0.25, -0.2) is 0 Å². The average molecular weight is 299 g/mol. The summed E-state index contributed by atoms with van der Waals surface area (Å²) >= 11 is 1.73. The van der Waals surface area contributed by atoms with Gasteiger partial charge < -0.3 is 10.1 Å². The standard InChI is InChI=1S/C12H20F3NO2S/c1-19-10-5-3-2-4-9(10)16-11(17)6-7-18-8-12(13,14)15/h9-10H,2-8H2,1H3,(H,16,17)/t9-,10+/m1/s1. The third kappa shape index (κ3) is 7.06. The lowest BCUT2D eigenvalue weighted by Gasteiger charge is -2.30. The lowest BCUT2D eigenvalue weighted by Crippen LogP contribution is -2.44. The summed E-state index contributed by atoms with van der Waals surface area (Å²) in [7, 11) is 0. The summed E-state index contributed by atoms with van der Waals surface area (Å²) in [5, 5.41) is 3.31. The largest absolute Gasteiger partial charge is 0.411 e. The Hall–Kier alpha value is -0.430. The Morgan fingerprint density at radius 1 is 1.37 bits per heavy atom. The molecule has 0 unspecified atom stereocenters. The number of halogens is 3. The Morgan fingerprint density at radius 3 is 2.68 bits per heavy atom. The summed E-state index contributed by atoms with van der Waals surface area (Å²) in [5.74, 6) is -0.229. The van der Waals surface area contributed by atoms with Gasteiger partial charge in [0.1, 0.15) is 6.61 Å². The lowest BCUT2D eigenvalue weighted by atomic mass is 9.95. The fourth-order valence-electron chi connectivity index (χ4n) is 2.18. The second-order valence-electron chi connectivity index (χ2n) is 4.65. The number of nitrogens with one attached hydrogen (secondary N) is 1. The molecule has 1 N–H and O–H groups in total. The van der Waals surface area contributed by atoms with Crippen LogP contribution in [-0.2, 0) is 9.53 Å². The number of carbonyl (C=O) groups excluding carboxylic acids is 1. The van der Waals surface area contributed by atoms with Crippen LogP contribution < -0.4 is 5.32 Å². The van der Waals surface area contributed by atoms with Crippen molar-refractivity contribution in [2.24, 2.45) is 0 Å². The molecule has 0 heterocycles. The van der Waals surface area contributed by atoms with Crippen molar-refractivity contribution in [3.05, 3.63) is 0 Å². The van der Waals surface area contributed by atoms with Crippen LogP contribution >= 0.6 is 11.8 Å². The Kier molecular flexibility index (Phi) is 6.99. The fraction of sp³-hybridized carbons (Fsp3) is 0.917. The van der Waals surface area contributed by atoms with Crippen molar-refractivity contribution in [3.63, 3.8) is 0 Å². The highest BCUT2D eigenvalue weighted by molar-refractivity contribution is 7.99. The first-order chi connectivity index (χ1) is 8.92. The quantitative estimate of drug-likeness (QED) is 0.766. The molecule has 2 atom stereocenters. The van der Waals surface area contributed by atoms with Gasteiger partial charge in [-0.05, 0) is 19.1 Å². The van der Waals surface area contributed by atoms with E-state index in [1.54, 1.807) is 11.8 Å². The van der Waals surface area contributed by atoms with Gasteiger partial charge in [0, 0.05) is 17.7 Å². The Balaban J connectivity index is 2.19. The minimum absolute atomic E-state index is 0.0202. The van der Waals surface area contributed by atoms with Gasteiger partial charge in [-0.2, -0.15) is 24.9 Å². The molecule has 19 heavy (non-hydrogen) atoms. The predicted octanol–water partition coefficient (Wildman–Crippen LogP) is 2.75. The molecular weight excluding hydrogens is 279 g/mol. The van der Waals surface area contributed by atoms with Gasteiger partial charge in [-0.1, -0.05) is 12.8 Å². The molecule has 112 valence electrons. The maximum Gasteiger partial charge on any atom is 0.411 e. The third-order valence-corrected chi connectivity index (χ3v) is 4.26. The topological polar surface area (TPSA) is 38.3 Å². The van der Waals surface area contributed by atoms with E-state index in [4.69, 9.17) is 0 Å². The van der Waals surface area contributed by atoms with Crippen LogP contribution in [0.3, 0.4) is 0 Å². The first kappa shape index (κ1) is 16.6. The Bertz CT molecular complexity index is 287. The van der Waals surface area contributed by atoms with Crippen LogP contribution in [0, 0.1) is 0 Å². The lowest BCUT2D eigenvalue weighted by molar-refractivity contribution is -0.174. The Morgan fingerprint density at radius 2 is 2.05 bits per heavy atom. The monoisotopic (exact) mass is 299 g/mol. The SMILES string of the molecule is CS[C@H]1CCCC[C@H]1NC(=O)CCOCC(F)(F)F. The van der Waals surface area contributed by atoms with E-state index in [2.05, 4.69) is 10.1 Å². The van der Waals surface area contributed by atoms with Crippen LogP contribution in [0.5, 0.6) is 0 Å². The van der Waals surface area contributed by atoms with Crippen molar-refractivity contribution in [1.82, 2.24) is 5.32 Å². The molecule has 0 bridgehead atoms. The summed E-state index contributed by atoms with van der Waals surface area (Å²) in [6.07, 6.45) is 1.95. The smallest absolute Gasteiger partial charge is 0.372 e. The molecule has 1 aliphatic rings. The fourth-order valence-corrected chi connectivity index (χ4v) is 3.11. The molecule has 0 aromatic carbocycles. The number of thioether (sulfide) groups is 1. The van der Waals surface area contributed by atoms with E-state index >= 15 is 0 Å². The number of ether oxygens (including phenoxy) is 1. The van der Waals surface area contributed by atoms with Crippen molar-refractivity contribution in [2.75, 3.05) is 19.5 Å². The highest BCUT2D eigenvalue weighted by Crippen LogP contribution is 2.27. The van der Waals surface area contributed by atoms with Crippen LogP contribution in [0.2, 0.25) is 0 Å². The minimum atomic E-state index is -4.33. The van der Waals surface area contributed by atoms with E-state index in [9.17, 15) is 18.0 Å². The molecule has 0 radical (unpaired) electrons. The third-order valence-electron chi connectivity index (χ3n) is 3.09. The molecule has 0 spiro atoms. The van der Waals surface area contributed by atoms with Crippen LogP contribution in [0.4, 0.5) is 13.2 Å². The normalized spacial score (nSPS) is 24.2. The number of amides is 1. The predicted molar refractivity (Wildman–Crippen MR) is 69.2 cm³/mol. The number of hydrogen-bond acceptors (Lipinski definition) is 3. The molecule has 1 aliphatic carbocycles. The van der Waals surface area contributed by atoms with Gasteiger partial charge in [0.25, 0.3) is 0 Å². The van der Waals surface area contributed by atoms with Crippen molar-refractivity contribution in [1.29, 1.82) is 0 Å². The summed E-state index contributed by atoms with van der Waals surface area (Å²) in [6.45, 7) is -1.49. The number of carbonyl (C=O) groups is 1. The first-order valence-corrected chi connectivity index (χ1v) is 7.68. The molecular formula is C12H20F3NO2S. The minimum Gasteiger partial charge on any atom is -0.372 e. The maximum absolute atomic E-state index is 11.8. The number of alkyl halides is 3. The molecule has 0 aliphatic heterocycles. The zero-order valence-corrected chi connectivity index (χ0v) is 11.8. The highest BCUT2D eigenvalue weighted by atomic mass is 32.2. The van der Waals surface area contributed by atoms with Gasteiger partial charge in [-0.3, -0.25) is 4.79 Å². The zero-order chi connectivity index (χ0) is 14.3. The Labute approximate surface area is 115 Å². The van der Waals surface area contributed by atoms with Gasteiger partial charge >= 0.3 is 6.18 Å². The van der Waals surface area contributed by atoms with Crippen molar-refractivity contribution >= 4 is 17.7 Å². The van der Waals surface area contributed by atoms with Crippen LogP contribution in [-0.4, -0.2) is 42.8 Å². The van der Waals surface area contributed by atoms with Crippen molar-refractivity contribution in [3.8, 4) is 0 Å². The summed E-state index contributed by atoms with van der Waals surface area (Å²) < 4.78 is 39.9. The number of rotatable bonds is 6. The van der Waals surface area contributed by atoms with E-state index in [-0.39, 0.29) is 25.0 Å². The molecule has 7 heteroatoms. The van der Waals surface area contributed by atoms with E-state index in [0.29, 0.717) is 5.25 Å². The first-order valence-electron chi connectivity index (χ1n) is 6.39. The van der Waals surface area contributed by atoms with Crippen LogP contribution in [0.15, 0.2) is 0 Å². The van der Waals surface area contributed by atoms with Crippen LogP contribution in [0.1, 0.15) is 32.1 Å². The van der Waals surface area contributed by atoms with E-state index in [1.165, 1.54) is 6.42 Å². The van der Waals surface area contributed by atoms with Gasteiger partial charge in [0.15, 0.2) is 0 Å². The molecule has 0 saturated heterocycles. The molecule has 1 amide bonds. The maximum atomic E-state index is 11.8. The average Bonchev–Trinajstić information content (AvgIpc) is 2.34. The molecule has 0 aromatic rings. The van der Waals surface area contributed by atoms with E-state index < -0.39 is 12.8 Å². The molecule has 1 rings (SSSR count). The van der Waals surface area contributed by atoms with Gasteiger partial charge in [0.2, 0.25) is 5.91 Å². The summed E-state index contributed by atoms with van der Waals surface area (Å²) in [6, 6.07) is 0.138. The van der Waals surface area contributed by atoms with Crippen molar-refractivity contribution in [2.45, 2.75) is 49.6 Å². The molecule has 1 fully saturated rings. The van der Waals surface area contributed by atoms with E-state index in [1.807, 2.05) is 6.26 Å². The highest BCUT2D eigenvalue weighted by Gasteiger charge is 2.28. The molecule has 3 nitrogen and oxygen atoms in total. The summed E-state index contributed by atoms with van der Waals surface area (Å²) in [5.41, 5.74) is 0. The molecule has 0 aromatic heterocycles. The second-order valence-corrected chi connectivity index (χ2v) is 5.73.